The van der Waals surface area contributed by atoms with Crippen molar-refractivity contribution < 1.29 is 29.0 Å². The van der Waals surface area contributed by atoms with Crippen LogP contribution in [0.2, 0.25) is 5.02 Å². The van der Waals surface area contributed by atoms with Crippen molar-refractivity contribution in [1.29, 1.82) is 0 Å². The minimum absolute atomic E-state index is 0.0762. The van der Waals surface area contributed by atoms with E-state index < -0.39 is 42.0 Å². The van der Waals surface area contributed by atoms with Crippen LogP contribution < -0.4 is 5.32 Å². The summed E-state index contributed by atoms with van der Waals surface area (Å²) in [6.45, 7) is 3.86. The summed E-state index contributed by atoms with van der Waals surface area (Å²) in [5, 5.41) is 23.7. The van der Waals surface area contributed by atoms with Crippen LogP contribution in [0.3, 0.4) is 0 Å². The molecule has 2 aliphatic heterocycles. The summed E-state index contributed by atoms with van der Waals surface area (Å²) in [4.78, 5) is 44.3. The lowest BCUT2D eigenvalue weighted by molar-refractivity contribution is -0.204. The van der Waals surface area contributed by atoms with Gasteiger partial charge in [-0.05, 0) is 69.5 Å². The number of aliphatic hydroxyl groups excluding tert-OH is 1. The fourth-order valence-corrected chi connectivity index (χ4v) is 6.25. The molecule has 0 unspecified atom stereocenters. The summed E-state index contributed by atoms with van der Waals surface area (Å²) in [7, 11) is 2.02. The van der Waals surface area contributed by atoms with Gasteiger partial charge in [-0.15, -0.1) is 5.06 Å². The van der Waals surface area contributed by atoms with E-state index in [1.54, 1.807) is 0 Å². The van der Waals surface area contributed by atoms with E-state index in [4.69, 9.17) is 21.4 Å². The quantitative estimate of drug-likeness (QED) is 0.303. The van der Waals surface area contributed by atoms with E-state index in [2.05, 4.69) is 27.3 Å². The number of fused-ring (bicyclic) bond motifs is 1. The smallest absolute Gasteiger partial charge is 0.361 e. The first-order valence-electron chi connectivity index (χ1n) is 15.0. The van der Waals surface area contributed by atoms with Crippen molar-refractivity contribution in [2.24, 2.45) is 5.92 Å². The number of nitrogens with one attached hydrogen (secondary N) is 1. The van der Waals surface area contributed by atoms with E-state index >= 15 is 4.39 Å². The van der Waals surface area contributed by atoms with Gasteiger partial charge < -0.3 is 25.3 Å². The highest BCUT2D eigenvalue weighted by Crippen LogP contribution is 2.37. The van der Waals surface area contributed by atoms with Crippen LogP contribution in [0.25, 0.3) is 0 Å². The molecule has 0 aromatic carbocycles. The molecule has 234 valence electrons. The maximum Gasteiger partial charge on any atom is 0.361 e. The number of pyridine rings is 2. The summed E-state index contributed by atoms with van der Waals surface area (Å²) in [6.07, 6.45) is 6.00. The highest BCUT2D eigenvalue weighted by atomic mass is 35.5. The minimum Gasteiger partial charge on any atom is -0.480 e. The minimum atomic E-state index is -1.29. The number of hydrogen-bond acceptors (Lipinski definition) is 10. The van der Waals surface area contributed by atoms with Crippen LogP contribution in [0.15, 0.2) is 18.3 Å². The largest absolute Gasteiger partial charge is 0.480 e. The zero-order valence-corrected chi connectivity index (χ0v) is 25.2. The second-order valence-corrected chi connectivity index (χ2v) is 12.2. The third-order valence-electron chi connectivity index (χ3n) is 8.73. The average molecular weight is 619 g/mol. The fraction of sp³-hybridized carbons (Fsp3) is 0.600. The van der Waals surface area contributed by atoms with Crippen molar-refractivity contribution in [3.63, 3.8) is 0 Å². The molecule has 11 nitrogen and oxygen atoms in total. The number of carboxylic acids is 1. The van der Waals surface area contributed by atoms with Crippen LogP contribution in [0, 0.1) is 11.7 Å². The molecule has 5 rings (SSSR count). The second-order valence-electron chi connectivity index (χ2n) is 11.8. The van der Waals surface area contributed by atoms with Crippen LogP contribution in [0.1, 0.15) is 59.4 Å². The average Bonchev–Trinajstić information content (AvgIpc) is 2.97. The van der Waals surface area contributed by atoms with Crippen molar-refractivity contribution in [1.82, 2.24) is 24.8 Å². The molecule has 43 heavy (non-hydrogen) atoms. The Kier molecular flexibility index (Phi) is 10.5. The molecule has 2 aromatic heterocycles. The number of hydroxylamine groups is 2. The van der Waals surface area contributed by atoms with E-state index in [0.29, 0.717) is 12.8 Å². The van der Waals surface area contributed by atoms with Gasteiger partial charge in [0, 0.05) is 63.8 Å². The predicted octanol–water partition coefficient (Wildman–Crippen LogP) is 3.00. The zero-order valence-electron chi connectivity index (χ0n) is 24.5. The summed E-state index contributed by atoms with van der Waals surface area (Å²) < 4.78 is 15.6. The van der Waals surface area contributed by atoms with Crippen molar-refractivity contribution in [2.75, 3.05) is 51.7 Å². The lowest BCUT2D eigenvalue weighted by Gasteiger charge is -2.43. The lowest BCUT2D eigenvalue weighted by Crippen LogP contribution is -2.53. The first-order chi connectivity index (χ1) is 20.7. The number of aryl methyl sites for hydroxylation is 2. The molecule has 3 aliphatic rings. The lowest BCUT2D eigenvalue weighted by atomic mass is 9.76. The molecule has 1 saturated heterocycles. The highest BCUT2D eigenvalue weighted by molar-refractivity contribution is 6.33. The molecule has 1 saturated carbocycles. The van der Waals surface area contributed by atoms with Crippen LogP contribution in [0.4, 0.5) is 10.2 Å². The van der Waals surface area contributed by atoms with E-state index in [0.717, 1.165) is 75.0 Å². The Morgan fingerprint density at radius 2 is 2.02 bits per heavy atom. The summed E-state index contributed by atoms with van der Waals surface area (Å²) in [6, 6.07) is 2.50. The first kappa shape index (κ1) is 31.5. The summed E-state index contributed by atoms with van der Waals surface area (Å²) in [5.41, 5.74) is 1.84. The first-order valence-corrected chi connectivity index (χ1v) is 15.4. The van der Waals surface area contributed by atoms with E-state index in [1.165, 1.54) is 11.8 Å². The molecule has 2 aromatic rings. The van der Waals surface area contributed by atoms with E-state index in [9.17, 15) is 19.8 Å². The van der Waals surface area contributed by atoms with Gasteiger partial charge in [0.15, 0.2) is 5.82 Å². The predicted molar refractivity (Wildman–Crippen MR) is 158 cm³/mol. The SMILES string of the molecule is CN1CCN(Cc2ncc(Cl)c(C(=O)ON(C3CC(CCc4ccc5c(n4)NCCC5)C3)[C@@H](CCO)C(=O)O)c2F)CC1. The summed E-state index contributed by atoms with van der Waals surface area (Å²) in [5.74, 6) is -1.97. The molecular weight excluding hydrogens is 579 g/mol. The third kappa shape index (κ3) is 7.61. The number of anilines is 1. The normalized spacial score (nSPS) is 21.5. The number of nitrogens with zero attached hydrogens (tertiary/aromatic N) is 5. The van der Waals surface area contributed by atoms with Gasteiger partial charge in [0.1, 0.15) is 17.4 Å². The van der Waals surface area contributed by atoms with Gasteiger partial charge in [-0.25, -0.2) is 14.2 Å². The Morgan fingerprint density at radius 3 is 2.74 bits per heavy atom. The number of aromatic nitrogens is 2. The topological polar surface area (TPSA) is 131 Å². The van der Waals surface area contributed by atoms with E-state index in [1.807, 2.05) is 11.9 Å². The Morgan fingerprint density at radius 1 is 1.26 bits per heavy atom. The molecule has 4 heterocycles. The molecule has 3 N–H and O–H groups in total. The van der Waals surface area contributed by atoms with Crippen molar-refractivity contribution in [3.8, 4) is 0 Å². The van der Waals surface area contributed by atoms with Gasteiger partial charge in [-0.2, -0.15) is 0 Å². The molecule has 0 radical (unpaired) electrons. The summed E-state index contributed by atoms with van der Waals surface area (Å²) >= 11 is 6.23. The maximum atomic E-state index is 15.6. The third-order valence-corrected chi connectivity index (χ3v) is 9.02. The number of carbonyl (C=O) groups excluding carboxylic acids is 1. The maximum absolute atomic E-state index is 15.6. The van der Waals surface area contributed by atoms with Gasteiger partial charge in [-0.3, -0.25) is 14.7 Å². The number of aliphatic carboxylic acids is 1. The molecule has 2 fully saturated rings. The zero-order chi connectivity index (χ0) is 30.5. The standard InChI is InChI=1S/C30H40ClFN6O5/c1-36-10-12-37(13-11-36)18-24-27(32)26(23(31)17-34-24)30(42)43-38(25(8-14-39)29(40)41)22-15-19(16-22)4-6-21-7-5-20-3-2-9-33-28(20)35-21/h5,7,17,19,22,25,39H,2-4,6,8-16,18H2,1H3,(H,33,35)(H,40,41)/t19?,22?,25-/m0/s1. The number of carboxylic acid groups (broad SMARTS) is 1. The highest BCUT2D eigenvalue weighted by Gasteiger charge is 2.42. The number of aliphatic hydroxyl groups is 1. The van der Waals surface area contributed by atoms with Gasteiger partial charge in [0.05, 0.1) is 10.7 Å². The molecule has 1 aliphatic carbocycles. The molecule has 0 spiro atoms. The van der Waals surface area contributed by atoms with Crippen LogP contribution in [-0.4, -0.2) is 105 Å². The van der Waals surface area contributed by atoms with Crippen LogP contribution in [0.5, 0.6) is 0 Å². The van der Waals surface area contributed by atoms with Crippen molar-refractivity contribution >= 4 is 29.4 Å². The van der Waals surface area contributed by atoms with Gasteiger partial charge >= 0.3 is 11.9 Å². The number of rotatable bonds is 12. The van der Waals surface area contributed by atoms with Crippen molar-refractivity contribution in [2.45, 2.75) is 63.6 Å². The van der Waals surface area contributed by atoms with Gasteiger partial charge in [0.25, 0.3) is 0 Å². The monoisotopic (exact) mass is 618 g/mol. The van der Waals surface area contributed by atoms with Crippen LogP contribution in [-0.2, 0) is 29.0 Å². The molecular formula is C30H40ClFN6O5. The van der Waals surface area contributed by atoms with Crippen molar-refractivity contribution in [3.05, 3.63) is 51.7 Å². The Hall–Kier alpha value is -2.90. The van der Waals surface area contributed by atoms with Gasteiger partial charge in [0.2, 0.25) is 0 Å². The van der Waals surface area contributed by atoms with E-state index in [-0.39, 0.29) is 29.6 Å². The molecule has 1 atom stereocenters. The second kappa shape index (κ2) is 14.3. The van der Waals surface area contributed by atoms with Gasteiger partial charge in [-0.1, -0.05) is 17.7 Å². The van der Waals surface area contributed by atoms with Crippen LogP contribution >= 0.6 is 11.6 Å². The Labute approximate surface area is 255 Å². The number of piperazine rings is 1. The number of halogens is 2. The fourth-order valence-electron chi connectivity index (χ4n) is 6.04. The Balaban J connectivity index is 1.25. The molecule has 13 heteroatoms. The Bertz CT molecular complexity index is 1300. The molecule has 0 bridgehead atoms. The number of hydrogen-bond donors (Lipinski definition) is 3. The number of likely N-dealkylation sites (N-methyl/N-ethyl adjacent to an activating group) is 1. The number of carbonyl (C=O) groups is 2. The molecule has 0 amide bonds.